The van der Waals surface area contributed by atoms with Gasteiger partial charge in [0.2, 0.25) is 0 Å². The summed E-state index contributed by atoms with van der Waals surface area (Å²) in [6, 6.07) is 9.96. The smallest absolute Gasteiger partial charge is 0.311 e. The van der Waals surface area contributed by atoms with E-state index < -0.39 is 11.4 Å². The highest BCUT2D eigenvalue weighted by atomic mass is 16.4. The second-order valence-electron chi connectivity index (χ2n) is 7.25. The maximum atomic E-state index is 12.2. The van der Waals surface area contributed by atoms with Crippen LogP contribution in [0.5, 0.6) is 0 Å². The third kappa shape index (κ3) is 2.99. The molecular weight excluding hydrogens is 314 g/mol. The molecule has 2 aromatic rings. The number of rotatable bonds is 4. The van der Waals surface area contributed by atoms with Gasteiger partial charge in [-0.2, -0.15) is 0 Å². The molecule has 0 saturated carbocycles. The van der Waals surface area contributed by atoms with E-state index >= 15 is 0 Å². The van der Waals surface area contributed by atoms with Crippen LogP contribution in [0.4, 0.5) is 5.82 Å². The van der Waals surface area contributed by atoms with Gasteiger partial charge in [-0.1, -0.05) is 30.3 Å². The van der Waals surface area contributed by atoms with Gasteiger partial charge in [0.05, 0.1) is 5.41 Å². The number of nitrogens with zero attached hydrogens (tertiary/aromatic N) is 3. The van der Waals surface area contributed by atoms with Crippen molar-refractivity contribution in [1.82, 2.24) is 9.97 Å². The summed E-state index contributed by atoms with van der Waals surface area (Å²) in [5.74, 6) is 0.257. The van der Waals surface area contributed by atoms with Gasteiger partial charge in [0.1, 0.15) is 12.1 Å². The summed E-state index contributed by atoms with van der Waals surface area (Å²) in [5, 5.41) is 10.0. The Morgan fingerprint density at radius 1 is 1.16 bits per heavy atom. The Balaban J connectivity index is 1.64. The van der Waals surface area contributed by atoms with Crippen molar-refractivity contribution in [3.8, 4) is 0 Å². The molecule has 2 aliphatic rings. The average Bonchev–Trinajstić information content (AvgIpc) is 3.11. The van der Waals surface area contributed by atoms with Gasteiger partial charge in [0.25, 0.3) is 0 Å². The molecule has 1 N–H and O–H groups in total. The van der Waals surface area contributed by atoms with E-state index in [1.807, 2.05) is 30.3 Å². The molecule has 0 bridgehead atoms. The summed E-state index contributed by atoms with van der Waals surface area (Å²) in [6.07, 6.45) is 6.90. The quantitative estimate of drug-likeness (QED) is 0.929. The minimum atomic E-state index is -0.754. The van der Waals surface area contributed by atoms with Gasteiger partial charge >= 0.3 is 5.97 Å². The van der Waals surface area contributed by atoms with Gasteiger partial charge in [-0.25, -0.2) is 9.97 Å². The molecule has 25 heavy (non-hydrogen) atoms. The van der Waals surface area contributed by atoms with E-state index in [0.717, 1.165) is 49.3 Å². The van der Waals surface area contributed by atoms with Crippen LogP contribution in [0.3, 0.4) is 0 Å². The predicted octanol–water partition coefficient (Wildman–Crippen LogP) is 2.88. The first-order valence-electron chi connectivity index (χ1n) is 9.03. The van der Waals surface area contributed by atoms with Crippen molar-refractivity contribution in [2.75, 3.05) is 18.0 Å². The van der Waals surface area contributed by atoms with Crippen LogP contribution in [0.2, 0.25) is 0 Å². The van der Waals surface area contributed by atoms with Crippen molar-refractivity contribution in [2.24, 2.45) is 5.41 Å². The van der Waals surface area contributed by atoms with Gasteiger partial charge in [0.15, 0.2) is 0 Å². The second kappa shape index (κ2) is 6.47. The molecule has 1 saturated heterocycles. The maximum absolute atomic E-state index is 12.2. The zero-order valence-corrected chi connectivity index (χ0v) is 14.3. The monoisotopic (exact) mass is 337 g/mol. The molecule has 1 fully saturated rings. The zero-order chi connectivity index (χ0) is 17.3. The Kier molecular flexibility index (Phi) is 4.15. The van der Waals surface area contributed by atoms with Crippen LogP contribution in [-0.4, -0.2) is 34.1 Å². The average molecular weight is 337 g/mol. The largest absolute Gasteiger partial charge is 0.481 e. The number of carboxylic acid groups (broad SMARTS) is 1. The van der Waals surface area contributed by atoms with Crippen molar-refractivity contribution in [3.05, 3.63) is 53.5 Å². The Morgan fingerprint density at radius 2 is 2.00 bits per heavy atom. The van der Waals surface area contributed by atoms with Gasteiger partial charge in [-0.05, 0) is 44.1 Å². The lowest BCUT2D eigenvalue weighted by atomic mass is 9.75. The zero-order valence-electron chi connectivity index (χ0n) is 14.3. The van der Waals surface area contributed by atoms with Crippen LogP contribution in [-0.2, 0) is 24.1 Å². The minimum absolute atomic E-state index is 0.515. The number of benzene rings is 1. The molecular formula is C20H23N3O2. The van der Waals surface area contributed by atoms with E-state index in [1.54, 1.807) is 6.33 Å². The minimum Gasteiger partial charge on any atom is -0.481 e. The lowest BCUT2D eigenvalue weighted by Crippen LogP contribution is -2.49. The van der Waals surface area contributed by atoms with Crippen LogP contribution in [0, 0.1) is 5.41 Å². The topological polar surface area (TPSA) is 66.3 Å². The molecule has 0 unspecified atom stereocenters. The summed E-state index contributed by atoms with van der Waals surface area (Å²) >= 11 is 0. The molecule has 130 valence electrons. The maximum Gasteiger partial charge on any atom is 0.311 e. The Bertz CT molecular complexity index is 778. The third-order valence-electron chi connectivity index (χ3n) is 5.57. The molecule has 1 aromatic carbocycles. The van der Waals surface area contributed by atoms with Crippen LogP contribution >= 0.6 is 0 Å². The van der Waals surface area contributed by atoms with Gasteiger partial charge in [0, 0.05) is 24.3 Å². The van der Waals surface area contributed by atoms with E-state index in [9.17, 15) is 9.90 Å². The molecule has 1 atom stereocenters. The highest BCUT2D eigenvalue weighted by molar-refractivity contribution is 5.76. The Labute approximate surface area is 147 Å². The number of fused-ring (bicyclic) bond motifs is 1. The van der Waals surface area contributed by atoms with Gasteiger partial charge < -0.3 is 10.0 Å². The molecule has 0 radical (unpaired) electrons. The number of carbonyl (C=O) groups is 1. The molecule has 0 spiro atoms. The van der Waals surface area contributed by atoms with Crippen molar-refractivity contribution in [2.45, 2.75) is 38.5 Å². The fraction of sp³-hybridized carbons (Fsp3) is 0.450. The number of hydrogen-bond acceptors (Lipinski definition) is 4. The van der Waals surface area contributed by atoms with E-state index in [2.05, 4.69) is 14.9 Å². The standard InChI is InChI=1S/C20H23N3O2/c24-19(25)20(12-15-6-2-1-3-7-15)10-5-11-23(13-20)18-16-8-4-9-17(16)21-14-22-18/h1-3,6-7,14H,4-5,8-13H2,(H,24,25)/t20-/m1/s1. The second-order valence-corrected chi connectivity index (χ2v) is 7.25. The molecule has 1 aliphatic heterocycles. The summed E-state index contributed by atoms with van der Waals surface area (Å²) in [7, 11) is 0. The van der Waals surface area contributed by atoms with E-state index in [-0.39, 0.29) is 0 Å². The summed E-state index contributed by atoms with van der Waals surface area (Å²) in [5.41, 5.74) is 2.69. The van der Waals surface area contributed by atoms with Crippen molar-refractivity contribution in [3.63, 3.8) is 0 Å². The molecule has 4 rings (SSSR count). The number of aromatic nitrogens is 2. The molecule has 5 nitrogen and oxygen atoms in total. The fourth-order valence-corrected chi connectivity index (χ4v) is 4.31. The predicted molar refractivity (Wildman–Crippen MR) is 95.7 cm³/mol. The van der Waals surface area contributed by atoms with Crippen LogP contribution in [0.25, 0.3) is 0 Å². The highest BCUT2D eigenvalue weighted by Crippen LogP contribution is 2.38. The van der Waals surface area contributed by atoms with E-state index in [1.165, 1.54) is 5.56 Å². The highest BCUT2D eigenvalue weighted by Gasteiger charge is 2.43. The molecule has 5 heteroatoms. The Hall–Kier alpha value is -2.43. The first-order chi connectivity index (χ1) is 12.2. The normalized spacial score (nSPS) is 22.6. The third-order valence-corrected chi connectivity index (χ3v) is 5.57. The number of anilines is 1. The summed E-state index contributed by atoms with van der Waals surface area (Å²) in [4.78, 5) is 23.3. The van der Waals surface area contributed by atoms with Crippen LogP contribution in [0.1, 0.15) is 36.1 Å². The SMILES string of the molecule is O=C(O)[C@@]1(Cc2ccccc2)CCCN(c2ncnc3c2CCC3)C1. The number of aliphatic carboxylic acids is 1. The summed E-state index contributed by atoms with van der Waals surface area (Å²) < 4.78 is 0. The number of hydrogen-bond donors (Lipinski definition) is 1. The summed E-state index contributed by atoms with van der Waals surface area (Å²) in [6.45, 7) is 1.38. The first kappa shape index (κ1) is 16.1. The number of piperidine rings is 1. The van der Waals surface area contributed by atoms with Crippen molar-refractivity contribution in [1.29, 1.82) is 0 Å². The number of aryl methyl sites for hydroxylation is 1. The van der Waals surface area contributed by atoms with Crippen LogP contribution in [0.15, 0.2) is 36.7 Å². The first-order valence-corrected chi connectivity index (χ1v) is 9.03. The van der Waals surface area contributed by atoms with Crippen molar-refractivity contribution < 1.29 is 9.90 Å². The van der Waals surface area contributed by atoms with Gasteiger partial charge in [-0.3, -0.25) is 4.79 Å². The van der Waals surface area contributed by atoms with E-state index in [4.69, 9.17) is 0 Å². The molecule has 1 aromatic heterocycles. The lowest BCUT2D eigenvalue weighted by Gasteiger charge is -2.41. The van der Waals surface area contributed by atoms with Gasteiger partial charge in [-0.15, -0.1) is 0 Å². The lowest BCUT2D eigenvalue weighted by molar-refractivity contribution is -0.149. The van der Waals surface area contributed by atoms with Crippen LogP contribution < -0.4 is 4.90 Å². The van der Waals surface area contributed by atoms with Crippen molar-refractivity contribution >= 4 is 11.8 Å². The Morgan fingerprint density at radius 3 is 2.80 bits per heavy atom. The molecule has 1 aliphatic carbocycles. The molecule has 2 heterocycles. The number of carboxylic acids is 1. The fourth-order valence-electron chi connectivity index (χ4n) is 4.31. The molecule has 0 amide bonds. The van der Waals surface area contributed by atoms with E-state index in [0.29, 0.717) is 19.4 Å².